The van der Waals surface area contributed by atoms with Gasteiger partial charge < -0.3 is 14.5 Å². The Morgan fingerprint density at radius 3 is 2.40 bits per heavy atom. The molecule has 5 rings (SSSR count). The van der Waals surface area contributed by atoms with Crippen molar-refractivity contribution in [3.63, 3.8) is 0 Å². The molecule has 0 saturated carbocycles. The third-order valence-electron chi connectivity index (χ3n) is 6.03. The van der Waals surface area contributed by atoms with Crippen LogP contribution in [0.4, 0.5) is 0 Å². The fraction of sp³-hybridized carbons (Fsp3) is 0.0333. The van der Waals surface area contributed by atoms with Crippen LogP contribution in [0.3, 0.4) is 0 Å². The fourth-order valence-electron chi connectivity index (χ4n) is 4.15. The second kappa shape index (κ2) is 12.1. The Hall–Kier alpha value is -3.92. The van der Waals surface area contributed by atoms with Gasteiger partial charge >= 0.3 is 5.97 Å². The Morgan fingerprint density at radius 2 is 1.65 bits per heavy atom. The molecule has 1 heterocycles. The predicted molar refractivity (Wildman–Crippen MR) is 164 cm³/mol. The molecular formula is C30H20Br2ClN3O4. The van der Waals surface area contributed by atoms with Crippen LogP contribution in [0.2, 0.25) is 5.02 Å². The van der Waals surface area contributed by atoms with E-state index in [4.69, 9.17) is 21.1 Å². The number of nitrogens with zero attached hydrogens (tertiary/aromatic N) is 1. The summed E-state index contributed by atoms with van der Waals surface area (Å²) in [7, 11) is 1.56. The van der Waals surface area contributed by atoms with Crippen molar-refractivity contribution in [1.29, 1.82) is 0 Å². The lowest BCUT2D eigenvalue weighted by molar-refractivity contribution is 0.0734. The smallest absolute Gasteiger partial charge is 0.343 e. The van der Waals surface area contributed by atoms with E-state index in [0.29, 0.717) is 44.3 Å². The number of para-hydroxylation sites is 1. The number of fused-ring (bicyclic) bond motifs is 1. The number of hydrazone groups is 1. The van der Waals surface area contributed by atoms with Crippen molar-refractivity contribution in [3.05, 3.63) is 116 Å². The van der Waals surface area contributed by atoms with E-state index in [-0.39, 0.29) is 5.69 Å². The third-order valence-corrected chi connectivity index (χ3v) is 7.55. The lowest BCUT2D eigenvalue weighted by atomic mass is 10.0. The maximum absolute atomic E-state index is 13.5. The van der Waals surface area contributed by atoms with Gasteiger partial charge in [0.2, 0.25) is 0 Å². The maximum atomic E-state index is 13.5. The Labute approximate surface area is 251 Å². The molecule has 200 valence electrons. The van der Waals surface area contributed by atoms with Crippen molar-refractivity contribution in [1.82, 2.24) is 10.4 Å². The van der Waals surface area contributed by atoms with Crippen LogP contribution in [0.1, 0.15) is 26.4 Å². The van der Waals surface area contributed by atoms with Gasteiger partial charge in [0, 0.05) is 36.0 Å². The Balaban J connectivity index is 1.45. The largest absolute Gasteiger partial charge is 0.495 e. The molecule has 1 aromatic heterocycles. The molecule has 0 aliphatic heterocycles. The monoisotopic (exact) mass is 679 g/mol. The third kappa shape index (κ3) is 5.67. The van der Waals surface area contributed by atoms with Crippen molar-refractivity contribution in [2.75, 3.05) is 7.11 Å². The van der Waals surface area contributed by atoms with E-state index in [1.807, 2.05) is 24.3 Å². The van der Waals surface area contributed by atoms with Crippen molar-refractivity contribution in [2.45, 2.75) is 0 Å². The van der Waals surface area contributed by atoms with Crippen LogP contribution in [0.15, 0.2) is 99.0 Å². The standard InChI is InChI=1S/C30H20Br2ClN3O4/c1-39-24-15-14-21(32)26-25(20-7-3-4-8-22(20)33)28(35-27(24)26)29(37)36-34-16-18-6-2-5-9-23(18)40-30(38)17-10-12-19(31)13-11-17/h2-16,35H,1H3,(H,36,37). The summed E-state index contributed by atoms with van der Waals surface area (Å²) in [6.07, 6.45) is 1.41. The molecule has 10 heteroatoms. The van der Waals surface area contributed by atoms with Gasteiger partial charge in [0.25, 0.3) is 5.91 Å². The number of rotatable bonds is 7. The summed E-state index contributed by atoms with van der Waals surface area (Å²) >= 11 is 13.5. The van der Waals surface area contributed by atoms with E-state index in [2.05, 4.69) is 47.4 Å². The van der Waals surface area contributed by atoms with Gasteiger partial charge in [-0.1, -0.05) is 73.8 Å². The van der Waals surface area contributed by atoms with E-state index in [1.165, 1.54) is 6.21 Å². The molecule has 2 N–H and O–H groups in total. The highest BCUT2D eigenvalue weighted by Gasteiger charge is 2.24. The number of aromatic amines is 1. The topological polar surface area (TPSA) is 92.8 Å². The fourth-order valence-corrected chi connectivity index (χ4v) is 5.18. The second-order valence-corrected chi connectivity index (χ2v) is 10.7. The van der Waals surface area contributed by atoms with Crippen LogP contribution < -0.4 is 14.9 Å². The number of carbonyl (C=O) groups is 2. The Morgan fingerprint density at radius 1 is 0.925 bits per heavy atom. The number of ether oxygens (including phenoxy) is 2. The highest BCUT2D eigenvalue weighted by molar-refractivity contribution is 9.11. The summed E-state index contributed by atoms with van der Waals surface area (Å²) in [5.41, 5.74) is 5.62. The van der Waals surface area contributed by atoms with Crippen molar-refractivity contribution in [2.24, 2.45) is 5.10 Å². The molecule has 0 aliphatic rings. The zero-order valence-electron chi connectivity index (χ0n) is 20.9. The molecule has 5 aromatic rings. The zero-order chi connectivity index (χ0) is 28.2. The number of halogens is 3. The normalized spacial score (nSPS) is 11.1. The van der Waals surface area contributed by atoms with Crippen LogP contribution in [0.5, 0.6) is 11.5 Å². The molecule has 0 bridgehead atoms. The SMILES string of the molecule is COc1ccc(Br)c2c(-c3ccccc3Cl)c(C(=O)NN=Cc3ccccc3OC(=O)c3ccc(Br)cc3)[nH]c12. The molecule has 40 heavy (non-hydrogen) atoms. The van der Waals surface area contributed by atoms with Crippen molar-refractivity contribution >= 4 is 72.5 Å². The molecule has 0 saturated heterocycles. The average Bonchev–Trinajstić information content (AvgIpc) is 3.36. The Bertz CT molecular complexity index is 1770. The highest BCUT2D eigenvalue weighted by Crippen LogP contribution is 2.42. The molecule has 0 aliphatic carbocycles. The molecule has 0 unspecified atom stereocenters. The number of hydrogen-bond acceptors (Lipinski definition) is 5. The number of hydrogen-bond donors (Lipinski definition) is 2. The molecule has 7 nitrogen and oxygen atoms in total. The summed E-state index contributed by atoms with van der Waals surface area (Å²) in [4.78, 5) is 29.3. The van der Waals surface area contributed by atoms with Gasteiger partial charge in [0.15, 0.2) is 0 Å². The van der Waals surface area contributed by atoms with Gasteiger partial charge in [-0.3, -0.25) is 4.79 Å². The number of benzene rings is 4. The lowest BCUT2D eigenvalue weighted by Gasteiger charge is -2.08. The highest BCUT2D eigenvalue weighted by atomic mass is 79.9. The van der Waals surface area contributed by atoms with Crippen molar-refractivity contribution in [3.8, 4) is 22.6 Å². The molecule has 0 fully saturated rings. The van der Waals surface area contributed by atoms with E-state index >= 15 is 0 Å². The number of H-pyrrole nitrogens is 1. The van der Waals surface area contributed by atoms with E-state index in [9.17, 15) is 9.59 Å². The summed E-state index contributed by atoms with van der Waals surface area (Å²) in [6, 6.07) is 24.6. The maximum Gasteiger partial charge on any atom is 0.343 e. The quantitative estimate of drug-likeness (QED) is 0.0788. The van der Waals surface area contributed by atoms with Crippen LogP contribution in [0.25, 0.3) is 22.0 Å². The van der Waals surface area contributed by atoms with Crippen molar-refractivity contribution < 1.29 is 19.1 Å². The van der Waals surface area contributed by atoms with Crippen LogP contribution >= 0.6 is 43.5 Å². The minimum Gasteiger partial charge on any atom is -0.495 e. The van der Waals surface area contributed by atoms with Crippen LogP contribution in [-0.2, 0) is 0 Å². The first-order valence-corrected chi connectivity index (χ1v) is 13.9. The Kier molecular flexibility index (Phi) is 8.35. The molecular weight excluding hydrogens is 662 g/mol. The van der Waals surface area contributed by atoms with Crippen LogP contribution in [0, 0.1) is 0 Å². The van der Waals surface area contributed by atoms with Gasteiger partial charge in [-0.05, 0) is 54.6 Å². The molecule has 0 radical (unpaired) electrons. The first kappa shape index (κ1) is 27.6. The number of aromatic nitrogens is 1. The molecule has 1 amide bonds. The average molecular weight is 682 g/mol. The number of nitrogens with one attached hydrogen (secondary N) is 2. The first-order valence-electron chi connectivity index (χ1n) is 11.9. The summed E-state index contributed by atoms with van der Waals surface area (Å²) in [6.45, 7) is 0. The molecule has 0 spiro atoms. The summed E-state index contributed by atoms with van der Waals surface area (Å²) in [5, 5.41) is 5.37. The predicted octanol–water partition coefficient (Wildman–Crippen LogP) is 8.01. The molecule has 4 aromatic carbocycles. The van der Waals surface area contributed by atoms with Crippen LogP contribution in [-0.4, -0.2) is 30.2 Å². The number of carbonyl (C=O) groups excluding carboxylic acids is 2. The van der Waals surface area contributed by atoms with Gasteiger partial charge in [0.1, 0.15) is 17.2 Å². The zero-order valence-corrected chi connectivity index (χ0v) is 24.8. The summed E-state index contributed by atoms with van der Waals surface area (Å²) < 4.78 is 12.7. The minimum absolute atomic E-state index is 0.250. The minimum atomic E-state index is -0.514. The van der Waals surface area contributed by atoms with Gasteiger partial charge in [0.05, 0.1) is 24.4 Å². The number of esters is 1. The van der Waals surface area contributed by atoms with E-state index in [0.717, 1.165) is 14.3 Å². The second-order valence-electron chi connectivity index (χ2n) is 8.49. The van der Waals surface area contributed by atoms with E-state index < -0.39 is 11.9 Å². The number of methoxy groups -OCH3 is 1. The number of amides is 1. The van der Waals surface area contributed by atoms with E-state index in [1.54, 1.807) is 67.8 Å². The van der Waals surface area contributed by atoms with Gasteiger partial charge in [-0.2, -0.15) is 5.10 Å². The summed E-state index contributed by atoms with van der Waals surface area (Å²) in [5.74, 6) is -0.153. The van der Waals surface area contributed by atoms with Gasteiger partial charge in [-0.15, -0.1) is 0 Å². The van der Waals surface area contributed by atoms with Gasteiger partial charge in [-0.25, -0.2) is 10.2 Å². The first-order chi connectivity index (χ1) is 19.4. The molecule has 0 atom stereocenters. The lowest BCUT2D eigenvalue weighted by Crippen LogP contribution is -2.19.